The van der Waals surface area contributed by atoms with Gasteiger partial charge >= 0.3 is 0 Å². The van der Waals surface area contributed by atoms with Crippen LogP contribution in [0.1, 0.15) is 26.7 Å². The van der Waals surface area contributed by atoms with Crippen LogP contribution in [-0.4, -0.2) is 50.1 Å². The van der Waals surface area contributed by atoms with E-state index < -0.39 is 0 Å². The second kappa shape index (κ2) is 6.86. The Labute approximate surface area is 98.8 Å². The molecule has 94 valence electrons. The van der Waals surface area contributed by atoms with E-state index in [1.54, 1.807) is 0 Å². The van der Waals surface area contributed by atoms with Gasteiger partial charge in [-0.3, -0.25) is 4.79 Å². The third-order valence-electron chi connectivity index (χ3n) is 2.98. The van der Waals surface area contributed by atoms with Crippen LogP contribution in [0, 0.1) is 5.92 Å². The number of amides is 1. The van der Waals surface area contributed by atoms with E-state index in [1.807, 2.05) is 0 Å². The molecule has 0 saturated carbocycles. The van der Waals surface area contributed by atoms with Gasteiger partial charge in [0.05, 0.1) is 0 Å². The van der Waals surface area contributed by atoms with Crippen LogP contribution in [0.25, 0.3) is 0 Å². The van der Waals surface area contributed by atoms with Crippen LogP contribution in [0.2, 0.25) is 0 Å². The van der Waals surface area contributed by atoms with Gasteiger partial charge in [-0.05, 0) is 25.9 Å². The number of hydrogen-bond donors (Lipinski definition) is 2. The van der Waals surface area contributed by atoms with Crippen molar-refractivity contribution >= 4 is 5.91 Å². The van der Waals surface area contributed by atoms with Crippen molar-refractivity contribution in [1.82, 2.24) is 15.5 Å². The number of carbonyl (C=O) groups is 1. The minimum absolute atomic E-state index is 0.169. The molecule has 1 aliphatic heterocycles. The first-order chi connectivity index (χ1) is 7.58. The highest BCUT2D eigenvalue weighted by Crippen LogP contribution is 2.12. The van der Waals surface area contributed by atoms with Crippen molar-refractivity contribution in [2.45, 2.75) is 32.7 Å². The summed E-state index contributed by atoms with van der Waals surface area (Å²) in [6.45, 7) is 8.07. The largest absolute Gasteiger partial charge is 0.356 e. The van der Waals surface area contributed by atoms with Crippen molar-refractivity contribution in [3.8, 4) is 0 Å². The second-order valence-electron chi connectivity index (χ2n) is 5.08. The number of carbonyl (C=O) groups excluding carboxylic acids is 1. The number of hydrogen-bond acceptors (Lipinski definition) is 3. The molecular weight excluding hydrogens is 202 g/mol. The van der Waals surface area contributed by atoms with Crippen molar-refractivity contribution < 1.29 is 4.79 Å². The maximum atomic E-state index is 11.5. The topological polar surface area (TPSA) is 44.4 Å². The normalized spacial score (nSPS) is 21.6. The van der Waals surface area contributed by atoms with Gasteiger partial charge in [-0.25, -0.2) is 0 Å². The Morgan fingerprint density at radius 3 is 2.81 bits per heavy atom. The molecule has 1 aliphatic rings. The van der Waals surface area contributed by atoms with E-state index in [1.165, 1.54) is 6.42 Å². The summed E-state index contributed by atoms with van der Waals surface area (Å²) in [7, 11) is 2.13. The number of nitrogens with zero attached hydrogens (tertiary/aromatic N) is 1. The van der Waals surface area contributed by atoms with Crippen molar-refractivity contribution in [2.24, 2.45) is 5.92 Å². The van der Waals surface area contributed by atoms with Gasteiger partial charge < -0.3 is 15.5 Å². The van der Waals surface area contributed by atoms with E-state index >= 15 is 0 Å². The van der Waals surface area contributed by atoms with Gasteiger partial charge in [-0.2, -0.15) is 0 Å². The van der Waals surface area contributed by atoms with Gasteiger partial charge in [0.25, 0.3) is 0 Å². The minimum Gasteiger partial charge on any atom is -0.356 e. The smallest absolute Gasteiger partial charge is 0.221 e. The van der Waals surface area contributed by atoms with Crippen molar-refractivity contribution in [3.05, 3.63) is 0 Å². The number of rotatable bonds is 6. The summed E-state index contributed by atoms with van der Waals surface area (Å²) < 4.78 is 0. The molecular formula is C12H25N3O. The van der Waals surface area contributed by atoms with Gasteiger partial charge in [0, 0.05) is 32.1 Å². The molecule has 0 aromatic heterocycles. The predicted octanol–water partition coefficient (Wildman–Crippen LogP) is 0.442. The van der Waals surface area contributed by atoms with Gasteiger partial charge in [0.2, 0.25) is 5.91 Å². The van der Waals surface area contributed by atoms with Crippen molar-refractivity contribution in [1.29, 1.82) is 0 Å². The minimum atomic E-state index is 0.169. The molecule has 0 aliphatic carbocycles. The predicted molar refractivity (Wildman–Crippen MR) is 66.4 cm³/mol. The first-order valence-electron chi connectivity index (χ1n) is 6.26. The molecule has 2 N–H and O–H groups in total. The molecule has 0 spiro atoms. The summed E-state index contributed by atoms with van der Waals surface area (Å²) >= 11 is 0. The van der Waals surface area contributed by atoms with Gasteiger partial charge in [-0.1, -0.05) is 13.8 Å². The molecule has 1 heterocycles. The molecule has 16 heavy (non-hydrogen) atoms. The van der Waals surface area contributed by atoms with E-state index in [-0.39, 0.29) is 5.91 Å². The SMILES string of the molecule is CC(C)NCCC(=O)NCC1CCN(C)C1. The fourth-order valence-electron chi connectivity index (χ4n) is 2.01. The third kappa shape index (κ3) is 5.47. The summed E-state index contributed by atoms with van der Waals surface area (Å²) in [4.78, 5) is 13.8. The summed E-state index contributed by atoms with van der Waals surface area (Å²) in [6, 6.07) is 0.455. The molecule has 0 radical (unpaired) electrons. The standard InChI is InChI=1S/C12H25N3O/c1-10(2)13-6-4-12(16)14-8-11-5-7-15(3)9-11/h10-11,13H,4-9H2,1-3H3,(H,14,16). The van der Waals surface area contributed by atoms with E-state index in [2.05, 4.69) is 36.4 Å². The van der Waals surface area contributed by atoms with Gasteiger partial charge in [-0.15, -0.1) is 0 Å². The quantitative estimate of drug-likeness (QED) is 0.692. The van der Waals surface area contributed by atoms with Crippen LogP contribution < -0.4 is 10.6 Å². The van der Waals surface area contributed by atoms with E-state index in [4.69, 9.17) is 0 Å². The van der Waals surface area contributed by atoms with Crippen LogP contribution >= 0.6 is 0 Å². The molecule has 1 atom stereocenters. The van der Waals surface area contributed by atoms with Crippen molar-refractivity contribution in [2.75, 3.05) is 33.2 Å². The molecule has 0 aromatic rings. The lowest BCUT2D eigenvalue weighted by atomic mass is 10.1. The fraction of sp³-hybridized carbons (Fsp3) is 0.917. The van der Waals surface area contributed by atoms with Crippen LogP contribution in [0.15, 0.2) is 0 Å². The highest BCUT2D eigenvalue weighted by molar-refractivity contribution is 5.76. The maximum Gasteiger partial charge on any atom is 0.221 e. The van der Waals surface area contributed by atoms with E-state index in [0.29, 0.717) is 18.4 Å². The third-order valence-corrected chi connectivity index (χ3v) is 2.98. The first kappa shape index (κ1) is 13.5. The molecule has 1 unspecified atom stereocenters. The van der Waals surface area contributed by atoms with E-state index in [9.17, 15) is 4.79 Å². The molecule has 0 bridgehead atoms. The van der Waals surface area contributed by atoms with E-state index in [0.717, 1.165) is 26.2 Å². The Kier molecular flexibility index (Phi) is 5.77. The zero-order chi connectivity index (χ0) is 12.0. The molecule has 1 fully saturated rings. The molecule has 1 saturated heterocycles. The highest BCUT2D eigenvalue weighted by Gasteiger charge is 2.19. The lowest BCUT2D eigenvalue weighted by Gasteiger charge is -2.12. The molecule has 4 heteroatoms. The Morgan fingerprint density at radius 2 is 2.25 bits per heavy atom. The Hall–Kier alpha value is -0.610. The number of likely N-dealkylation sites (tertiary alicyclic amines) is 1. The monoisotopic (exact) mass is 227 g/mol. The zero-order valence-corrected chi connectivity index (χ0v) is 10.8. The molecule has 0 aromatic carbocycles. The lowest BCUT2D eigenvalue weighted by Crippen LogP contribution is -2.33. The highest BCUT2D eigenvalue weighted by atomic mass is 16.1. The maximum absolute atomic E-state index is 11.5. The Bertz CT molecular complexity index is 218. The Morgan fingerprint density at radius 1 is 1.50 bits per heavy atom. The average Bonchev–Trinajstić information content (AvgIpc) is 2.61. The van der Waals surface area contributed by atoms with Crippen molar-refractivity contribution in [3.63, 3.8) is 0 Å². The molecule has 4 nitrogen and oxygen atoms in total. The van der Waals surface area contributed by atoms with Crippen LogP contribution in [0.3, 0.4) is 0 Å². The summed E-state index contributed by atoms with van der Waals surface area (Å²) in [5.74, 6) is 0.815. The summed E-state index contributed by atoms with van der Waals surface area (Å²) in [5.41, 5.74) is 0. The molecule has 1 rings (SSSR count). The zero-order valence-electron chi connectivity index (χ0n) is 10.8. The average molecular weight is 227 g/mol. The second-order valence-corrected chi connectivity index (χ2v) is 5.08. The van der Waals surface area contributed by atoms with Crippen LogP contribution in [0.4, 0.5) is 0 Å². The van der Waals surface area contributed by atoms with Gasteiger partial charge in [0.1, 0.15) is 0 Å². The molecule has 1 amide bonds. The first-order valence-corrected chi connectivity index (χ1v) is 6.26. The Balaban J connectivity index is 2.02. The fourth-order valence-corrected chi connectivity index (χ4v) is 2.01. The van der Waals surface area contributed by atoms with Crippen LogP contribution in [-0.2, 0) is 4.79 Å². The summed E-state index contributed by atoms with van der Waals surface area (Å²) in [5, 5.41) is 6.26. The van der Waals surface area contributed by atoms with Crippen LogP contribution in [0.5, 0.6) is 0 Å². The van der Waals surface area contributed by atoms with Gasteiger partial charge in [0.15, 0.2) is 0 Å². The summed E-state index contributed by atoms with van der Waals surface area (Å²) in [6.07, 6.45) is 1.79. The number of nitrogens with one attached hydrogen (secondary N) is 2. The lowest BCUT2D eigenvalue weighted by molar-refractivity contribution is -0.121.